The molecule has 0 radical (unpaired) electrons. The van der Waals surface area contributed by atoms with E-state index in [1.54, 1.807) is 0 Å². The Bertz CT molecular complexity index is 998. The summed E-state index contributed by atoms with van der Waals surface area (Å²) in [5.41, 5.74) is 0. The summed E-state index contributed by atoms with van der Waals surface area (Å²) in [4.78, 5) is 0. The van der Waals surface area contributed by atoms with E-state index in [4.69, 9.17) is 0 Å². The van der Waals surface area contributed by atoms with Gasteiger partial charge in [-0.05, 0) is 18.5 Å². The average Bonchev–Trinajstić information content (AvgIpc) is 2.81. The van der Waals surface area contributed by atoms with Crippen molar-refractivity contribution >= 4 is 36.3 Å². The van der Waals surface area contributed by atoms with Crippen LogP contribution in [0.5, 0.6) is 0 Å². The van der Waals surface area contributed by atoms with E-state index in [1.807, 2.05) is 72.8 Å². The number of benzene rings is 4. The summed E-state index contributed by atoms with van der Waals surface area (Å²) in [6.07, 6.45) is 0. The lowest BCUT2D eigenvalue weighted by molar-refractivity contribution is 0.586. The summed E-state index contributed by atoms with van der Waals surface area (Å²) < 4.78 is 14.9. The molecule has 0 aliphatic heterocycles. The SMILES string of the molecule is C[C@@H](P(c1ccccc1)c1ccccc1)P(=O)(c1ccccc1)c1ccccc1. The number of hydrogen-bond acceptors (Lipinski definition) is 1. The molecule has 1 atom stereocenters. The maximum Gasteiger partial charge on any atom is 0.150 e. The maximum absolute atomic E-state index is 14.9. The topological polar surface area (TPSA) is 17.1 Å². The first-order valence-corrected chi connectivity index (χ1v) is 13.0. The molecule has 0 saturated carbocycles. The van der Waals surface area contributed by atoms with Crippen LogP contribution in [0.1, 0.15) is 6.92 Å². The Morgan fingerprint density at radius 3 is 1.21 bits per heavy atom. The second kappa shape index (κ2) is 8.91. The van der Waals surface area contributed by atoms with E-state index >= 15 is 0 Å². The molecule has 1 nitrogen and oxygen atoms in total. The van der Waals surface area contributed by atoms with Gasteiger partial charge in [-0.1, -0.05) is 128 Å². The smallest absolute Gasteiger partial charge is 0.150 e. The largest absolute Gasteiger partial charge is 0.313 e. The van der Waals surface area contributed by atoms with Crippen molar-refractivity contribution in [1.29, 1.82) is 0 Å². The molecule has 0 saturated heterocycles. The van der Waals surface area contributed by atoms with E-state index in [9.17, 15) is 4.57 Å². The van der Waals surface area contributed by atoms with E-state index in [0.717, 1.165) is 10.6 Å². The van der Waals surface area contributed by atoms with Crippen molar-refractivity contribution in [3.63, 3.8) is 0 Å². The summed E-state index contributed by atoms with van der Waals surface area (Å²) in [5.74, 6) is 0. The summed E-state index contributed by atoms with van der Waals surface area (Å²) in [6, 6.07) is 41.1. The van der Waals surface area contributed by atoms with Gasteiger partial charge in [0.1, 0.15) is 0 Å². The summed E-state index contributed by atoms with van der Waals surface area (Å²) in [6.45, 7) is 2.17. The van der Waals surface area contributed by atoms with Crippen LogP contribution >= 0.6 is 15.1 Å². The van der Waals surface area contributed by atoms with Gasteiger partial charge in [0.25, 0.3) is 0 Å². The molecule has 3 heteroatoms. The predicted octanol–water partition coefficient (Wildman–Crippen LogP) is 5.48. The molecule has 29 heavy (non-hydrogen) atoms. The molecule has 0 bridgehead atoms. The van der Waals surface area contributed by atoms with E-state index in [2.05, 4.69) is 55.5 Å². The summed E-state index contributed by atoms with van der Waals surface area (Å²) in [5, 5.41) is 4.34. The second-order valence-corrected chi connectivity index (χ2v) is 13.1. The van der Waals surface area contributed by atoms with E-state index in [1.165, 1.54) is 10.6 Å². The van der Waals surface area contributed by atoms with Gasteiger partial charge in [0.05, 0.1) is 0 Å². The molecule has 4 aromatic rings. The monoisotopic (exact) mass is 414 g/mol. The van der Waals surface area contributed by atoms with Crippen LogP contribution in [0, 0.1) is 0 Å². The molecule has 0 unspecified atom stereocenters. The van der Waals surface area contributed by atoms with Crippen LogP contribution in [-0.4, -0.2) is 5.40 Å². The third-order valence-electron chi connectivity index (χ3n) is 5.25. The minimum atomic E-state index is -2.87. The molecule has 0 spiro atoms. The Hall–Kier alpha value is -2.46. The minimum absolute atomic E-state index is 0.0351. The van der Waals surface area contributed by atoms with Crippen LogP contribution in [0.3, 0.4) is 0 Å². The Balaban J connectivity index is 1.92. The predicted molar refractivity (Wildman–Crippen MR) is 128 cm³/mol. The molecule has 144 valence electrons. The van der Waals surface area contributed by atoms with Crippen LogP contribution in [-0.2, 0) is 4.57 Å². The Kier molecular flexibility index (Phi) is 6.10. The van der Waals surface area contributed by atoms with Crippen molar-refractivity contribution in [1.82, 2.24) is 0 Å². The molecule has 0 aliphatic rings. The van der Waals surface area contributed by atoms with Gasteiger partial charge in [0, 0.05) is 16.0 Å². The number of hydrogen-bond donors (Lipinski definition) is 0. The van der Waals surface area contributed by atoms with Crippen molar-refractivity contribution in [3.05, 3.63) is 121 Å². The van der Waals surface area contributed by atoms with Crippen LogP contribution < -0.4 is 21.2 Å². The molecule has 0 fully saturated rings. The first-order chi connectivity index (χ1) is 14.2. The zero-order chi connectivity index (χ0) is 20.1. The third kappa shape index (κ3) is 3.99. The summed E-state index contributed by atoms with van der Waals surface area (Å²) in [7, 11) is -3.68. The van der Waals surface area contributed by atoms with Crippen molar-refractivity contribution in [2.75, 3.05) is 0 Å². The van der Waals surface area contributed by atoms with Gasteiger partial charge in [-0.3, -0.25) is 0 Å². The van der Waals surface area contributed by atoms with Gasteiger partial charge < -0.3 is 4.57 Å². The second-order valence-electron chi connectivity index (χ2n) is 7.00. The van der Waals surface area contributed by atoms with Crippen LogP contribution in [0.4, 0.5) is 0 Å². The van der Waals surface area contributed by atoms with Gasteiger partial charge in [-0.15, -0.1) is 0 Å². The highest BCUT2D eigenvalue weighted by molar-refractivity contribution is 7.92. The van der Waals surface area contributed by atoms with E-state index < -0.39 is 15.1 Å². The summed E-state index contributed by atoms with van der Waals surface area (Å²) >= 11 is 0. The minimum Gasteiger partial charge on any atom is -0.313 e. The zero-order valence-corrected chi connectivity index (χ0v) is 18.2. The fourth-order valence-corrected chi connectivity index (χ4v) is 11.2. The molecule has 0 aliphatic carbocycles. The Labute approximate surface area is 174 Å². The van der Waals surface area contributed by atoms with Crippen LogP contribution in [0.25, 0.3) is 0 Å². The van der Waals surface area contributed by atoms with Crippen molar-refractivity contribution in [3.8, 4) is 0 Å². The standard InChI is InChI=1S/C26H24OP2/c1-22(28(23-14-6-2-7-15-23)24-16-8-3-9-17-24)29(27,25-18-10-4-11-19-25)26-20-12-5-13-21-26/h2-22H,1H3/t22-/m0/s1. The quantitative estimate of drug-likeness (QED) is 0.382. The van der Waals surface area contributed by atoms with Crippen molar-refractivity contribution < 1.29 is 4.57 Å². The molecular weight excluding hydrogens is 390 g/mol. The van der Waals surface area contributed by atoms with Crippen LogP contribution in [0.2, 0.25) is 0 Å². The highest BCUT2D eigenvalue weighted by Crippen LogP contribution is 2.61. The maximum atomic E-state index is 14.9. The van der Waals surface area contributed by atoms with E-state index in [0.29, 0.717) is 0 Å². The van der Waals surface area contributed by atoms with Crippen LogP contribution in [0.15, 0.2) is 121 Å². The molecule has 4 aromatic carbocycles. The van der Waals surface area contributed by atoms with Gasteiger partial charge in [-0.2, -0.15) is 0 Å². The highest BCUT2D eigenvalue weighted by atomic mass is 31.2. The van der Waals surface area contributed by atoms with E-state index in [-0.39, 0.29) is 5.40 Å². The highest BCUT2D eigenvalue weighted by Gasteiger charge is 2.39. The first kappa shape index (κ1) is 19.8. The Morgan fingerprint density at radius 1 is 0.552 bits per heavy atom. The van der Waals surface area contributed by atoms with Crippen molar-refractivity contribution in [2.24, 2.45) is 0 Å². The van der Waals surface area contributed by atoms with Gasteiger partial charge in [0.2, 0.25) is 0 Å². The fraction of sp³-hybridized carbons (Fsp3) is 0.0769. The fourth-order valence-electron chi connectivity index (χ4n) is 3.80. The first-order valence-electron chi connectivity index (χ1n) is 9.81. The normalized spacial score (nSPS) is 12.6. The molecule has 0 aromatic heterocycles. The molecule has 0 amide bonds. The molecule has 0 heterocycles. The molecule has 0 N–H and O–H groups in total. The average molecular weight is 414 g/mol. The van der Waals surface area contributed by atoms with Gasteiger partial charge in [0.15, 0.2) is 7.14 Å². The lowest BCUT2D eigenvalue weighted by Crippen LogP contribution is -2.28. The zero-order valence-electron chi connectivity index (χ0n) is 16.4. The van der Waals surface area contributed by atoms with Crippen molar-refractivity contribution in [2.45, 2.75) is 12.3 Å². The third-order valence-corrected chi connectivity index (χ3v) is 12.6. The van der Waals surface area contributed by atoms with Gasteiger partial charge in [-0.25, -0.2) is 0 Å². The molecular formula is C26H24OP2. The lowest BCUT2D eigenvalue weighted by atomic mass is 10.4. The molecule has 4 rings (SSSR count). The van der Waals surface area contributed by atoms with Gasteiger partial charge >= 0.3 is 0 Å². The lowest BCUT2D eigenvalue weighted by Gasteiger charge is -2.33. The Morgan fingerprint density at radius 2 is 0.862 bits per heavy atom. The number of rotatable bonds is 6.